The van der Waals surface area contributed by atoms with Crippen LogP contribution in [0.15, 0.2) is 0 Å². The van der Waals surface area contributed by atoms with Crippen molar-refractivity contribution in [1.82, 2.24) is 9.29 Å². The molecule has 2 fully saturated rings. The molecule has 1 saturated carbocycles. The van der Waals surface area contributed by atoms with Crippen LogP contribution >= 0.6 is 11.3 Å². The number of anilines is 1. The quantitative estimate of drug-likeness (QED) is 0.878. The number of thiazole rings is 1. The monoisotopic (exact) mass is 316 g/mol. The van der Waals surface area contributed by atoms with E-state index >= 15 is 0 Å². The van der Waals surface area contributed by atoms with Crippen LogP contribution in [0.5, 0.6) is 0 Å². The van der Waals surface area contributed by atoms with Crippen molar-refractivity contribution in [3.63, 3.8) is 0 Å². The van der Waals surface area contributed by atoms with Gasteiger partial charge in [-0.1, -0.05) is 0 Å². The zero-order valence-electron chi connectivity index (χ0n) is 11.6. The summed E-state index contributed by atoms with van der Waals surface area (Å²) in [4.78, 5) is 8.12. The van der Waals surface area contributed by atoms with Gasteiger partial charge in [-0.3, -0.25) is 0 Å². The largest absolute Gasteiger partial charge is 0.345 e. The van der Waals surface area contributed by atoms with Crippen molar-refractivity contribution in [2.24, 2.45) is 5.73 Å². The first-order valence-corrected chi connectivity index (χ1v) is 9.55. The van der Waals surface area contributed by atoms with E-state index < -0.39 is 10.0 Å². The van der Waals surface area contributed by atoms with E-state index in [1.54, 1.807) is 11.3 Å². The van der Waals surface area contributed by atoms with Gasteiger partial charge < -0.3 is 10.6 Å². The molecule has 1 aromatic rings. The second-order valence-electron chi connectivity index (χ2n) is 5.43. The van der Waals surface area contributed by atoms with Crippen molar-refractivity contribution in [1.29, 1.82) is 0 Å². The summed E-state index contributed by atoms with van der Waals surface area (Å²) in [5.74, 6) is 0.607. The topological polar surface area (TPSA) is 79.5 Å². The lowest BCUT2D eigenvalue weighted by Crippen LogP contribution is -2.48. The standard InChI is InChI=1S/C12H20N4O2S2/c1-20(17,18)16-6-4-15(5-7-16)12-14-11(9-2-3-9)10(8-13)19-12/h9H,2-8,13H2,1H3. The molecule has 8 heteroatoms. The van der Waals surface area contributed by atoms with E-state index in [2.05, 4.69) is 4.90 Å². The molecule has 0 amide bonds. The minimum absolute atomic E-state index is 0.537. The Morgan fingerprint density at radius 3 is 2.45 bits per heavy atom. The Balaban J connectivity index is 1.72. The second kappa shape index (κ2) is 5.25. The average molecular weight is 316 g/mol. The van der Waals surface area contributed by atoms with Gasteiger partial charge in [-0.25, -0.2) is 13.4 Å². The summed E-state index contributed by atoms with van der Waals surface area (Å²) in [6.07, 6.45) is 3.71. The minimum atomic E-state index is -3.07. The van der Waals surface area contributed by atoms with Crippen molar-refractivity contribution in [3.05, 3.63) is 10.6 Å². The van der Waals surface area contributed by atoms with Gasteiger partial charge in [-0.2, -0.15) is 4.31 Å². The maximum atomic E-state index is 11.5. The van der Waals surface area contributed by atoms with E-state index in [4.69, 9.17) is 10.7 Å². The molecule has 0 radical (unpaired) electrons. The molecule has 2 N–H and O–H groups in total. The molecule has 20 heavy (non-hydrogen) atoms. The molecule has 1 aromatic heterocycles. The predicted molar refractivity (Wildman–Crippen MR) is 80.6 cm³/mol. The Bertz CT molecular complexity index is 587. The van der Waals surface area contributed by atoms with Gasteiger partial charge in [0, 0.05) is 43.5 Å². The first-order chi connectivity index (χ1) is 9.49. The Morgan fingerprint density at radius 2 is 1.95 bits per heavy atom. The number of nitrogens with zero attached hydrogens (tertiary/aromatic N) is 3. The summed E-state index contributed by atoms with van der Waals surface area (Å²) in [5.41, 5.74) is 6.98. The van der Waals surface area contributed by atoms with Crippen molar-refractivity contribution in [2.45, 2.75) is 25.3 Å². The molecule has 2 aliphatic rings. The van der Waals surface area contributed by atoms with Crippen molar-refractivity contribution in [2.75, 3.05) is 37.3 Å². The second-order valence-corrected chi connectivity index (χ2v) is 8.48. The van der Waals surface area contributed by atoms with E-state index in [1.807, 2.05) is 0 Å². The smallest absolute Gasteiger partial charge is 0.211 e. The fraction of sp³-hybridized carbons (Fsp3) is 0.750. The van der Waals surface area contributed by atoms with Crippen LogP contribution in [-0.2, 0) is 16.6 Å². The summed E-state index contributed by atoms with van der Waals surface area (Å²) in [6.45, 7) is 3.03. The third-order valence-corrected chi connectivity index (χ3v) is 6.30. The Kier molecular flexibility index (Phi) is 3.74. The number of sulfonamides is 1. The summed E-state index contributed by atoms with van der Waals surface area (Å²) in [6, 6.07) is 0. The molecule has 0 spiro atoms. The molecule has 0 unspecified atom stereocenters. The summed E-state index contributed by atoms with van der Waals surface area (Å²) in [7, 11) is -3.07. The molecule has 0 atom stereocenters. The summed E-state index contributed by atoms with van der Waals surface area (Å²) in [5, 5.41) is 1.00. The van der Waals surface area contributed by atoms with Gasteiger partial charge in [0.05, 0.1) is 11.9 Å². The fourth-order valence-electron chi connectivity index (χ4n) is 2.52. The zero-order valence-corrected chi connectivity index (χ0v) is 13.2. The Morgan fingerprint density at radius 1 is 1.30 bits per heavy atom. The number of rotatable bonds is 4. The molecule has 1 aliphatic carbocycles. The number of aromatic nitrogens is 1. The Labute approximate surface area is 123 Å². The van der Waals surface area contributed by atoms with Gasteiger partial charge in [0.25, 0.3) is 0 Å². The van der Waals surface area contributed by atoms with Crippen LogP contribution in [0, 0.1) is 0 Å². The predicted octanol–water partition coefficient (Wildman–Crippen LogP) is 0.561. The van der Waals surface area contributed by atoms with E-state index in [0.717, 1.165) is 5.13 Å². The van der Waals surface area contributed by atoms with Crippen LogP contribution < -0.4 is 10.6 Å². The van der Waals surface area contributed by atoms with Gasteiger partial charge in [0.1, 0.15) is 0 Å². The molecular formula is C12H20N4O2S2. The lowest BCUT2D eigenvalue weighted by atomic mass is 10.2. The fourth-order valence-corrected chi connectivity index (χ4v) is 4.42. The van der Waals surface area contributed by atoms with Gasteiger partial charge in [0.15, 0.2) is 5.13 Å². The van der Waals surface area contributed by atoms with Crippen LogP contribution in [0.2, 0.25) is 0 Å². The summed E-state index contributed by atoms with van der Waals surface area (Å²) >= 11 is 1.66. The van der Waals surface area contributed by atoms with Crippen LogP contribution in [-0.4, -0.2) is 50.1 Å². The maximum Gasteiger partial charge on any atom is 0.211 e. The van der Waals surface area contributed by atoms with Gasteiger partial charge in [-0.15, -0.1) is 11.3 Å². The Hall–Kier alpha value is -0.700. The highest BCUT2D eigenvalue weighted by Crippen LogP contribution is 2.44. The number of hydrogen-bond donors (Lipinski definition) is 1. The highest BCUT2D eigenvalue weighted by atomic mass is 32.2. The third-order valence-electron chi connectivity index (χ3n) is 3.84. The van der Waals surface area contributed by atoms with Crippen LogP contribution in [0.4, 0.5) is 5.13 Å². The first-order valence-electron chi connectivity index (χ1n) is 6.89. The van der Waals surface area contributed by atoms with Gasteiger partial charge in [0.2, 0.25) is 10.0 Å². The van der Waals surface area contributed by atoms with Crippen LogP contribution in [0.3, 0.4) is 0 Å². The molecule has 0 bridgehead atoms. The van der Waals surface area contributed by atoms with Crippen LogP contribution in [0.25, 0.3) is 0 Å². The van der Waals surface area contributed by atoms with Crippen LogP contribution in [0.1, 0.15) is 29.3 Å². The molecular weight excluding hydrogens is 296 g/mol. The average Bonchev–Trinajstić information content (AvgIpc) is 3.17. The number of nitrogens with two attached hydrogens (primary N) is 1. The molecule has 2 heterocycles. The minimum Gasteiger partial charge on any atom is -0.345 e. The maximum absolute atomic E-state index is 11.5. The third kappa shape index (κ3) is 2.83. The number of hydrogen-bond acceptors (Lipinski definition) is 6. The summed E-state index contributed by atoms with van der Waals surface area (Å²) < 4.78 is 24.5. The lowest BCUT2D eigenvalue weighted by molar-refractivity contribution is 0.388. The molecule has 3 rings (SSSR count). The van der Waals surface area contributed by atoms with Gasteiger partial charge >= 0.3 is 0 Å². The highest BCUT2D eigenvalue weighted by Gasteiger charge is 2.31. The lowest BCUT2D eigenvalue weighted by Gasteiger charge is -2.32. The van der Waals surface area contributed by atoms with E-state index in [-0.39, 0.29) is 0 Å². The van der Waals surface area contributed by atoms with Gasteiger partial charge in [-0.05, 0) is 12.8 Å². The van der Waals surface area contributed by atoms with Crippen molar-refractivity contribution in [3.8, 4) is 0 Å². The molecule has 1 saturated heterocycles. The van der Waals surface area contributed by atoms with E-state index in [9.17, 15) is 8.42 Å². The molecule has 0 aromatic carbocycles. The normalized spacial score (nSPS) is 21.4. The number of piperazine rings is 1. The molecule has 1 aliphatic heterocycles. The molecule has 112 valence electrons. The first kappa shape index (κ1) is 14.2. The highest BCUT2D eigenvalue weighted by molar-refractivity contribution is 7.88. The van der Waals surface area contributed by atoms with E-state index in [1.165, 1.54) is 34.0 Å². The molecule has 6 nitrogen and oxygen atoms in total. The van der Waals surface area contributed by atoms with Crippen molar-refractivity contribution < 1.29 is 8.42 Å². The van der Waals surface area contributed by atoms with E-state index in [0.29, 0.717) is 38.6 Å². The SMILES string of the molecule is CS(=O)(=O)N1CCN(c2nc(C3CC3)c(CN)s2)CC1. The van der Waals surface area contributed by atoms with Crippen molar-refractivity contribution >= 4 is 26.5 Å². The zero-order chi connectivity index (χ0) is 14.3.